The van der Waals surface area contributed by atoms with Crippen LogP contribution in [0.3, 0.4) is 0 Å². The van der Waals surface area contributed by atoms with Crippen molar-refractivity contribution in [3.63, 3.8) is 0 Å². The number of fused-ring (bicyclic) bond motifs is 1. The van der Waals surface area contributed by atoms with E-state index in [4.69, 9.17) is 4.98 Å². The summed E-state index contributed by atoms with van der Waals surface area (Å²) in [5, 5.41) is 12.0. The number of dihydropyridines is 1. The Morgan fingerprint density at radius 2 is 2.12 bits per heavy atom. The third-order valence-electron chi connectivity index (χ3n) is 4.83. The van der Waals surface area contributed by atoms with Gasteiger partial charge in [-0.1, -0.05) is 18.2 Å². The largest absolute Gasteiger partial charge is 0.384 e. The van der Waals surface area contributed by atoms with E-state index in [-0.39, 0.29) is 0 Å². The molecule has 0 amide bonds. The van der Waals surface area contributed by atoms with Crippen LogP contribution in [0, 0.1) is 0 Å². The van der Waals surface area contributed by atoms with Crippen LogP contribution in [0.5, 0.6) is 0 Å². The molecule has 5 nitrogen and oxygen atoms in total. The minimum absolute atomic E-state index is 0.882. The second-order valence-corrected chi connectivity index (χ2v) is 7.57. The maximum atomic E-state index is 4.76. The predicted octanol–water partition coefficient (Wildman–Crippen LogP) is 2.82. The molecular formula is C19H19N5S. The molecule has 2 aliphatic rings. The van der Waals surface area contributed by atoms with Crippen molar-refractivity contribution in [2.45, 2.75) is 6.42 Å². The number of nitrogens with one attached hydrogen (secondary N) is 2. The molecule has 0 saturated heterocycles. The Morgan fingerprint density at radius 3 is 3.00 bits per heavy atom. The molecule has 3 aromatic rings. The Kier molecular flexibility index (Phi) is 3.64. The summed E-state index contributed by atoms with van der Waals surface area (Å²) in [6.07, 6.45) is 5.13. The maximum Gasteiger partial charge on any atom is 0.0951 e. The van der Waals surface area contributed by atoms with Crippen LogP contribution in [0.1, 0.15) is 10.7 Å². The molecule has 0 aliphatic carbocycles. The number of nitrogens with zero attached hydrogens (tertiary/aromatic N) is 3. The predicted molar refractivity (Wildman–Crippen MR) is 101 cm³/mol. The van der Waals surface area contributed by atoms with Crippen molar-refractivity contribution in [2.24, 2.45) is 0 Å². The fourth-order valence-corrected chi connectivity index (χ4v) is 4.57. The van der Waals surface area contributed by atoms with Crippen molar-refractivity contribution < 1.29 is 0 Å². The third-order valence-corrected chi connectivity index (χ3v) is 5.93. The van der Waals surface area contributed by atoms with E-state index in [0.29, 0.717) is 0 Å². The number of aromatic nitrogens is 3. The fraction of sp³-hybridized carbons (Fsp3) is 0.263. The number of thiazole rings is 1. The lowest BCUT2D eigenvalue weighted by atomic mass is 9.99. The van der Waals surface area contributed by atoms with Crippen LogP contribution in [0.25, 0.3) is 15.8 Å². The van der Waals surface area contributed by atoms with Gasteiger partial charge in [-0.2, -0.15) is 5.10 Å². The molecule has 2 aromatic heterocycles. The topological polar surface area (TPSA) is 56.8 Å². The summed E-state index contributed by atoms with van der Waals surface area (Å²) in [6, 6.07) is 10.4. The van der Waals surface area contributed by atoms with Crippen LogP contribution in [-0.2, 0) is 6.42 Å². The molecule has 0 saturated carbocycles. The molecule has 0 radical (unpaired) electrons. The van der Waals surface area contributed by atoms with Gasteiger partial charge in [0.1, 0.15) is 0 Å². The molecule has 25 heavy (non-hydrogen) atoms. The standard InChI is InChI=1S/C19H19N5S/c1-2-4-18-16(3-1)22-19(25-18)7-10-24-11-14-13(15-6-9-21-23-15)5-8-20-17(14)12-24/h1-6,9,20H,7-8,10-12H2,(H,21,23). The van der Waals surface area contributed by atoms with Gasteiger partial charge in [0.05, 0.1) is 20.9 Å². The van der Waals surface area contributed by atoms with Gasteiger partial charge in [-0.3, -0.25) is 10.00 Å². The SMILES string of the molecule is C1=C(c2cc[nH]n2)C2=C(CN(CCc3nc4ccccc4s3)C2)NC1. The number of H-pyrrole nitrogens is 1. The molecule has 0 unspecified atom stereocenters. The van der Waals surface area contributed by atoms with Gasteiger partial charge >= 0.3 is 0 Å². The molecule has 126 valence electrons. The zero-order chi connectivity index (χ0) is 16.6. The van der Waals surface area contributed by atoms with Crippen LogP contribution in [-0.4, -0.2) is 46.3 Å². The molecule has 1 aromatic carbocycles. The van der Waals surface area contributed by atoms with Gasteiger partial charge in [0.2, 0.25) is 0 Å². The van der Waals surface area contributed by atoms with Crippen LogP contribution in [0.15, 0.2) is 53.9 Å². The monoisotopic (exact) mass is 349 g/mol. The molecule has 0 bridgehead atoms. The van der Waals surface area contributed by atoms with Crippen LogP contribution in [0.2, 0.25) is 0 Å². The number of hydrogen-bond acceptors (Lipinski definition) is 5. The van der Waals surface area contributed by atoms with Gasteiger partial charge in [0.15, 0.2) is 0 Å². The highest BCUT2D eigenvalue weighted by Gasteiger charge is 2.27. The van der Waals surface area contributed by atoms with Crippen LogP contribution in [0.4, 0.5) is 0 Å². The zero-order valence-electron chi connectivity index (χ0n) is 13.8. The normalized spacial score (nSPS) is 17.7. The Morgan fingerprint density at radius 1 is 1.16 bits per heavy atom. The van der Waals surface area contributed by atoms with Crippen molar-refractivity contribution in [2.75, 3.05) is 26.2 Å². The lowest BCUT2D eigenvalue weighted by Gasteiger charge is -2.15. The van der Waals surface area contributed by atoms with Crippen LogP contribution < -0.4 is 5.32 Å². The van der Waals surface area contributed by atoms with Crippen molar-refractivity contribution in [1.29, 1.82) is 0 Å². The Labute approximate surface area is 150 Å². The van der Waals surface area contributed by atoms with E-state index >= 15 is 0 Å². The molecular weight excluding hydrogens is 330 g/mol. The third kappa shape index (κ3) is 2.77. The van der Waals surface area contributed by atoms with Gasteiger partial charge in [-0.25, -0.2) is 4.98 Å². The number of para-hydroxylation sites is 1. The molecule has 6 heteroatoms. The number of benzene rings is 1. The number of hydrogen-bond donors (Lipinski definition) is 2. The van der Waals surface area contributed by atoms with E-state index in [0.717, 1.165) is 43.8 Å². The van der Waals surface area contributed by atoms with Crippen molar-refractivity contribution in [1.82, 2.24) is 25.4 Å². The summed E-state index contributed by atoms with van der Waals surface area (Å²) in [6.45, 7) is 3.88. The van der Waals surface area contributed by atoms with E-state index in [1.165, 1.54) is 26.6 Å². The van der Waals surface area contributed by atoms with E-state index in [1.807, 2.05) is 23.6 Å². The smallest absolute Gasteiger partial charge is 0.0951 e. The summed E-state index contributed by atoms with van der Waals surface area (Å²) >= 11 is 1.81. The first-order chi connectivity index (χ1) is 12.4. The Bertz CT molecular complexity index is 934. The Hall–Kier alpha value is -2.44. The van der Waals surface area contributed by atoms with Crippen molar-refractivity contribution >= 4 is 27.1 Å². The quantitative estimate of drug-likeness (QED) is 0.760. The molecule has 5 rings (SSSR count). The molecule has 2 aliphatic heterocycles. The van der Waals surface area contributed by atoms with Gasteiger partial charge in [-0.15, -0.1) is 11.3 Å². The minimum atomic E-state index is 0.882. The van der Waals surface area contributed by atoms with E-state index in [1.54, 1.807) is 0 Å². The second kappa shape index (κ2) is 6.13. The van der Waals surface area contributed by atoms with Gasteiger partial charge < -0.3 is 5.32 Å². The average molecular weight is 349 g/mol. The van der Waals surface area contributed by atoms with Crippen molar-refractivity contribution in [3.8, 4) is 0 Å². The van der Waals surface area contributed by atoms with E-state index < -0.39 is 0 Å². The highest BCUT2D eigenvalue weighted by atomic mass is 32.1. The van der Waals surface area contributed by atoms with Crippen LogP contribution >= 0.6 is 11.3 Å². The summed E-state index contributed by atoms with van der Waals surface area (Å²) in [4.78, 5) is 7.25. The minimum Gasteiger partial charge on any atom is -0.384 e. The summed E-state index contributed by atoms with van der Waals surface area (Å²) in [5.41, 5.74) is 6.18. The molecule has 0 atom stereocenters. The lowest BCUT2D eigenvalue weighted by molar-refractivity contribution is 0.347. The summed E-state index contributed by atoms with van der Waals surface area (Å²) < 4.78 is 1.28. The van der Waals surface area contributed by atoms with Gasteiger partial charge in [-0.05, 0) is 23.8 Å². The van der Waals surface area contributed by atoms with Crippen molar-refractivity contribution in [3.05, 3.63) is 64.6 Å². The van der Waals surface area contributed by atoms with Gasteiger partial charge in [0, 0.05) is 50.1 Å². The zero-order valence-corrected chi connectivity index (χ0v) is 14.6. The average Bonchev–Trinajstić information content (AvgIpc) is 3.37. The molecule has 0 fully saturated rings. The Balaban J connectivity index is 1.28. The van der Waals surface area contributed by atoms with E-state index in [9.17, 15) is 0 Å². The summed E-state index contributed by atoms with van der Waals surface area (Å²) in [7, 11) is 0. The number of rotatable bonds is 4. The highest BCUT2D eigenvalue weighted by Crippen LogP contribution is 2.31. The lowest BCUT2D eigenvalue weighted by Crippen LogP contribution is -2.26. The second-order valence-electron chi connectivity index (χ2n) is 6.45. The molecule has 0 spiro atoms. The molecule has 4 heterocycles. The molecule has 2 N–H and O–H groups in total. The maximum absolute atomic E-state index is 4.76. The van der Waals surface area contributed by atoms with E-state index in [2.05, 4.69) is 50.8 Å². The van der Waals surface area contributed by atoms with Gasteiger partial charge in [0.25, 0.3) is 0 Å². The first-order valence-electron chi connectivity index (χ1n) is 8.60. The first-order valence-corrected chi connectivity index (χ1v) is 9.42. The summed E-state index contributed by atoms with van der Waals surface area (Å²) in [5.74, 6) is 0. The first kappa shape index (κ1) is 14.9. The fourth-order valence-electron chi connectivity index (χ4n) is 3.61. The number of aromatic amines is 1. The highest BCUT2D eigenvalue weighted by molar-refractivity contribution is 7.18.